The molecule has 2 aromatic carbocycles. The molecule has 1 aliphatic rings. The number of carbonyl (C=O) groups is 2. The molecule has 0 radical (unpaired) electrons. The van der Waals surface area contributed by atoms with Crippen molar-refractivity contribution in [1.82, 2.24) is 10.3 Å². The average molecular weight is 529 g/mol. The van der Waals surface area contributed by atoms with Crippen LogP contribution in [0.1, 0.15) is 40.8 Å². The van der Waals surface area contributed by atoms with E-state index in [2.05, 4.69) is 15.6 Å². The molecule has 38 heavy (non-hydrogen) atoms. The zero-order valence-corrected chi connectivity index (χ0v) is 21.4. The predicted molar refractivity (Wildman–Crippen MR) is 146 cm³/mol. The third-order valence-corrected chi connectivity index (χ3v) is 6.53. The zero-order chi connectivity index (χ0) is 26.8. The van der Waals surface area contributed by atoms with Gasteiger partial charge in [0.2, 0.25) is 5.91 Å². The number of amides is 1. The summed E-state index contributed by atoms with van der Waals surface area (Å²) in [6.45, 7) is 1.42. The van der Waals surface area contributed by atoms with E-state index in [0.717, 1.165) is 5.69 Å². The molecule has 2 aromatic heterocycles. The minimum Gasteiger partial charge on any atom is -0.495 e. The van der Waals surface area contributed by atoms with Crippen LogP contribution in [-0.4, -0.2) is 34.2 Å². The van der Waals surface area contributed by atoms with E-state index in [9.17, 15) is 14.7 Å². The number of thiocarbonyl (C=S) groups is 1. The minimum absolute atomic E-state index is 0.140. The molecule has 5 rings (SSSR count). The number of hydrogen-bond donors (Lipinski definition) is 3. The fourth-order valence-corrected chi connectivity index (χ4v) is 4.94. The van der Waals surface area contributed by atoms with Crippen LogP contribution >= 0.6 is 12.2 Å². The van der Waals surface area contributed by atoms with E-state index in [1.807, 2.05) is 35.2 Å². The summed E-state index contributed by atoms with van der Waals surface area (Å²) in [7, 11) is 1.53. The summed E-state index contributed by atoms with van der Waals surface area (Å²) in [5.74, 6) is 0.201. The van der Waals surface area contributed by atoms with Crippen LogP contribution in [0.2, 0.25) is 0 Å². The van der Waals surface area contributed by atoms with Gasteiger partial charge in [-0.25, -0.2) is 4.79 Å². The maximum Gasteiger partial charge on any atom is 0.336 e. The second kappa shape index (κ2) is 10.3. The molecule has 0 saturated carbocycles. The molecule has 192 valence electrons. The number of furan rings is 1. The number of pyridine rings is 1. The second-order valence-corrected chi connectivity index (χ2v) is 9.00. The highest BCUT2D eigenvalue weighted by Gasteiger charge is 2.43. The van der Waals surface area contributed by atoms with Gasteiger partial charge in [0.1, 0.15) is 23.3 Å². The lowest BCUT2D eigenvalue weighted by molar-refractivity contribution is -0.114. The Bertz CT molecular complexity index is 1520. The molecule has 0 unspecified atom stereocenters. The van der Waals surface area contributed by atoms with Crippen LogP contribution in [0.25, 0.3) is 11.3 Å². The van der Waals surface area contributed by atoms with Gasteiger partial charge < -0.3 is 29.8 Å². The molecule has 0 aliphatic carbocycles. The lowest BCUT2D eigenvalue weighted by Gasteiger charge is -2.27. The number of carbonyl (C=O) groups excluding carboxylic acids is 1. The van der Waals surface area contributed by atoms with Gasteiger partial charge in [0.25, 0.3) is 0 Å². The first kappa shape index (κ1) is 25.0. The molecular formula is C28H24N4O5S. The molecule has 0 bridgehead atoms. The van der Waals surface area contributed by atoms with Crippen molar-refractivity contribution in [2.45, 2.75) is 19.0 Å². The van der Waals surface area contributed by atoms with Gasteiger partial charge in [0, 0.05) is 24.4 Å². The monoisotopic (exact) mass is 528 g/mol. The Labute approximate surface area is 224 Å². The normalized spacial score (nSPS) is 16.7. The first-order chi connectivity index (χ1) is 18.4. The lowest BCUT2D eigenvalue weighted by atomic mass is 10.0. The van der Waals surface area contributed by atoms with Crippen molar-refractivity contribution in [1.29, 1.82) is 0 Å². The number of carboxylic acids is 1. The van der Waals surface area contributed by atoms with Gasteiger partial charge in [-0.2, -0.15) is 0 Å². The molecule has 1 saturated heterocycles. The van der Waals surface area contributed by atoms with E-state index in [1.165, 1.54) is 20.1 Å². The summed E-state index contributed by atoms with van der Waals surface area (Å²) in [5.41, 5.74) is 2.55. The third kappa shape index (κ3) is 4.69. The summed E-state index contributed by atoms with van der Waals surface area (Å²) in [6.07, 6.45) is 1.71. The maximum atomic E-state index is 11.8. The van der Waals surface area contributed by atoms with Crippen LogP contribution in [0.4, 0.5) is 11.4 Å². The molecule has 10 heteroatoms. The predicted octanol–water partition coefficient (Wildman–Crippen LogP) is 5.18. The molecule has 9 nitrogen and oxygen atoms in total. The van der Waals surface area contributed by atoms with Gasteiger partial charge in [-0.15, -0.1) is 0 Å². The fourth-order valence-electron chi connectivity index (χ4n) is 4.60. The minimum atomic E-state index is -1.04. The number of anilines is 2. The van der Waals surface area contributed by atoms with Gasteiger partial charge in [-0.1, -0.05) is 24.3 Å². The molecule has 1 amide bonds. The quantitative estimate of drug-likeness (QED) is 0.279. The van der Waals surface area contributed by atoms with E-state index in [4.69, 9.17) is 21.4 Å². The van der Waals surface area contributed by atoms with E-state index in [0.29, 0.717) is 39.3 Å². The van der Waals surface area contributed by atoms with E-state index in [-0.39, 0.29) is 17.5 Å². The summed E-state index contributed by atoms with van der Waals surface area (Å²) in [5, 5.41) is 16.3. The van der Waals surface area contributed by atoms with E-state index >= 15 is 0 Å². The van der Waals surface area contributed by atoms with Gasteiger partial charge >= 0.3 is 5.97 Å². The molecule has 1 aliphatic heterocycles. The van der Waals surface area contributed by atoms with Crippen molar-refractivity contribution in [3.05, 3.63) is 96.0 Å². The number of aromatic nitrogens is 1. The SMILES string of the molecule is COc1ccc(N2C(=S)N[C@H](c3ccccn3)[C@H]2c2ccc(-c3ccccc3C(=O)O)o2)cc1NC(C)=O. The average Bonchev–Trinajstić information content (AvgIpc) is 3.53. The molecule has 3 N–H and O–H groups in total. The Balaban J connectivity index is 1.62. The van der Waals surface area contributed by atoms with Crippen LogP contribution in [0.15, 0.2) is 83.4 Å². The fraction of sp³-hybridized carbons (Fsp3) is 0.143. The number of hydrogen-bond acceptors (Lipinski definition) is 6. The van der Waals surface area contributed by atoms with Crippen molar-refractivity contribution >= 4 is 40.6 Å². The third-order valence-electron chi connectivity index (χ3n) is 6.21. The zero-order valence-electron chi connectivity index (χ0n) is 20.5. The van der Waals surface area contributed by atoms with Gasteiger partial charge in [0.05, 0.1) is 30.1 Å². The van der Waals surface area contributed by atoms with E-state index < -0.39 is 12.0 Å². The first-order valence-electron chi connectivity index (χ1n) is 11.8. The largest absolute Gasteiger partial charge is 0.495 e. The number of nitrogens with zero attached hydrogens (tertiary/aromatic N) is 2. The van der Waals surface area contributed by atoms with Crippen molar-refractivity contribution < 1.29 is 23.8 Å². The van der Waals surface area contributed by atoms with Crippen LogP contribution in [0, 0.1) is 0 Å². The van der Waals surface area contributed by atoms with Crippen molar-refractivity contribution in [3.63, 3.8) is 0 Å². The van der Waals surface area contributed by atoms with Gasteiger partial charge in [-0.05, 0) is 60.7 Å². The summed E-state index contributed by atoms with van der Waals surface area (Å²) >= 11 is 5.77. The topological polar surface area (TPSA) is 117 Å². The highest BCUT2D eigenvalue weighted by atomic mass is 32.1. The Morgan fingerprint density at radius 2 is 1.89 bits per heavy atom. The Hall–Kier alpha value is -4.70. The Morgan fingerprint density at radius 1 is 1.11 bits per heavy atom. The van der Waals surface area contributed by atoms with Crippen molar-refractivity contribution in [3.8, 4) is 17.1 Å². The van der Waals surface area contributed by atoms with E-state index in [1.54, 1.807) is 42.6 Å². The Kier molecular flexibility index (Phi) is 6.80. The van der Waals surface area contributed by atoms with Gasteiger partial charge in [-0.3, -0.25) is 9.78 Å². The molecule has 4 aromatic rings. The standard InChI is InChI=1S/C28H24N4O5S/c1-16(33)30-21-15-17(10-11-23(21)36-2)32-26(25(31-28(32)38)20-9-5-6-14-29-20)24-13-12-22(37-24)18-7-3-4-8-19(18)27(34)35/h3-15,25-26H,1-2H3,(H,30,33)(H,31,38)(H,34,35)/t25-,26-/m1/s1. The maximum absolute atomic E-state index is 11.8. The number of methoxy groups -OCH3 is 1. The lowest BCUT2D eigenvalue weighted by Crippen LogP contribution is -2.29. The highest BCUT2D eigenvalue weighted by molar-refractivity contribution is 7.80. The summed E-state index contributed by atoms with van der Waals surface area (Å²) in [4.78, 5) is 30.1. The summed E-state index contributed by atoms with van der Waals surface area (Å²) in [6, 6.07) is 20.4. The van der Waals surface area contributed by atoms with Crippen LogP contribution in [-0.2, 0) is 4.79 Å². The number of rotatable bonds is 7. The highest BCUT2D eigenvalue weighted by Crippen LogP contribution is 2.44. The van der Waals surface area contributed by atoms with Crippen LogP contribution in [0.3, 0.4) is 0 Å². The second-order valence-electron chi connectivity index (χ2n) is 8.62. The van der Waals surface area contributed by atoms with Crippen LogP contribution in [0.5, 0.6) is 5.75 Å². The molecule has 3 heterocycles. The number of nitrogens with one attached hydrogen (secondary N) is 2. The summed E-state index contributed by atoms with van der Waals surface area (Å²) < 4.78 is 11.7. The number of carboxylic acid groups (broad SMARTS) is 1. The molecule has 2 atom stereocenters. The number of aromatic carboxylic acids is 1. The molecule has 0 spiro atoms. The first-order valence-corrected chi connectivity index (χ1v) is 12.2. The van der Waals surface area contributed by atoms with Crippen molar-refractivity contribution in [2.75, 3.05) is 17.3 Å². The molecular weight excluding hydrogens is 504 g/mol. The number of benzene rings is 2. The van der Waals surface area contributed by atoms with Gasteiger partial charge in [0.15, 0.2) is 5.11 Å². The van der Waals surface area contributed by atoms with Crippen LogP contribution < -0.4 is 20.3 Å². The Morgan fingerprint density at radius 3 is 2.61 bits per heavy atom. The smallest absolute Gasteiger partial charge is 0.336 e. The number of ether oxygens (including phenoxy) is 1. The van der Waals surface area contributed by atoms with Crippen molar-refractivity contribution in [2.24, 2.45) is 0 Å². The molecule has 1 fully saturated rings.